The number of amides is 1. The fourth-order valence-electron chi connectivity index (χ4n) is 5.03. The molecule has 1 saturated heterocycles. The number of aromatic nitrogens is 3. The number of carbonyl (C=O) groups is 1. The monoisotopic (exact) mass is 546 g/mol. The van der Waals surface area contributed by atoms with E-state index < -0.39 is 0 Å². The van der Waals surface area contributed by atoms with Gasteiger partial charge in [0.2, 0.25) is 11.9 Å². The highest BCUT2D eigenvalue weighted by molar-refractivity contribution is 5.91. The molecule has 0 spiro atoms. The number of morpholine rings is 1. The quantitative estimate of drug-likeness (QED) is 0.288. The minimum absolute atomic E-state index is 0.0707. The van der Waals surface area contributed by atoms with Gasteiger partial charge in [-0.2, -0.15) is 0 Å². The number of nitrogens with zero attached hydrogens (tertiary/aromatic N) is 4. The van der Waals surface area contributed by atoms with Crippen LogP contribution in [0.2, 0.25) is 0 Å². The normalized spacial score (nSPS) is 17.8. The predicted octanol–water partition coefficient (Wildman–Crippen LogP) is 5.81. The van der Waals surface area contributed by atoms with Crippen molar-refractivity contribution in [2.75, 3.05) is 30.3 Å². The molecule has 0 aliphatic carbocycles. The first kappa shape index (κ1) is 27.5. The second kappa shape index (κ2) is 11.6. The maximum absolute atomic E-state index is 14.1. The maximum atomic E-state index is 14.1. The molecule has 0 unspecified atom stereocenters. The molecule has 1 amide bonds. The predicted molar refractivity (Wildman–Crippen MR) is 154 cm³/mol. The summed E-state index contributed by atoms with van der Waals surface area (Å²) in [5.74, 6) is 1.91. The second-order valence-corrected chi connectivity index (χ2v) is 10.6. The number of hydrogen-bond acceptors (Lipinski definition) is 7. The summed E-state index contributed by atoms with van der Waals surface area (Å²) >= 11 is 0. The summed E-state index contributed by atoms with van der Waals surface area (Å²) < 4.78 is 27.9. The van der Waals surface area contributed by atoms with E-state index in [9.17, 15) is 9.18 Å². The molecule has 9 nitrogen and oxygen atoms in total. The van der Waals surface area contributed by atoms with Crippen LogP contribution in [0.3, 0.4) is 0 Å². The Kier molecular flexibility index (Phi) is 7.99. The average Bonchev–Trinajstić information content (AvgIpc) is 3.18. The zero-order valence-electron chi connectivity index (χ0n) is 23.4. The Bertz CT molecular complexity index is 1510. The molecule has 1 aliphatic heterocycles. The highest BCUT2D eigenvalue weighted by atomic mass is 19.1. The lowest BCUT2D eigenvalue weighted by molar-refractivity contribution is -0.121. The Labute approximate surface area is 233 Å². The minimum Gasteiger partial charge on any atom is -0.457 e. The van der Waals surface area contributed by atoms with Gasteiger partial charge in [-0.05, 0) is 61.7 Å². The third kappa shape index (κ3) is 6.40. The number of aryl methyl sites for hydroxylation is 1. The number of imidazole rings is 1. The summed E-state index contributed by atoms with van der Waals surface area (Å²) in [5.41, 5.74) is 3.07. The van der Waals surface area contributed by atoms with Gasteiger partial charge in [0.1, 0.15) is 23.1 Å². The van der Waals surface area contributed by atoms with Gasteiger partial charge in [-0.3, -0.25) is 9.69 Å². The maximum Gasteiger partial charge on any atom is 0.239 e. The van der Waals surface area contributed by atoms with Gasteiger partial charge in [0, 0.05) is 44.2 Å². The minimum atomic E-state index is -0.215. The number of nitrogens with one attached hydrogen (secondary N) is 2. The topological polar surface area (TPSA) is 93.5 Å². The molecule has 3 heterocycles. The third-order valence-electron chi connectivity index (χ3n) is 6.82. The zero-order chi connectivity index (χ0) is 28.4. The standard InChI is InChI=1S/C30H35FN6O3/c1-18(2)24-12-21(6-8-25(24)31)33-30-34-26-13-22(7-9-27(26)36(30)5)40-23-10-11-32-28(14-23)35-29(38)17-37-15-19(3)39-20(4)16-37/h6-14,18-20H,15-17H2,1-5H3,(H,33,34)(H,32,35,38)/t19-,20+. The van der Waals surface area contributed by atoms with Crippen LogP contribution in [-0.2, 0) is 16.6 Å². The molecule has 10 heteroatoms. The summed E-state index contributed by atoms with van der Waals surface area (Å²) in [6.45, 7) is 9.64. The molecule has 2 N–H and O–H groups in total. The summed E-state index contributed by atoms with van der Waals surface area (Å²) in [5, 5.41) is 6.16. The first-order valence-electron chi connectivity index (χ1n) is 13.5. The second-order valence-electron chi connectivity index (χ2n) is 10.6. The van der Waals surface area contributed by atoms with Crippen molar-refractivity contribution >= 4 is 34.4 Å². The smallest absolute Gasteiger partial charge is 0.239 e. The van der Waals surface area contributed by atoms with Crippen LogP contribution in [0.25, 0.3) is 11.0 Å². The average molecular weight is 547 g/mol. The highest BCUT2D eigenvalue weighted by Gasteiger charge is 2.24. The van der Waals surface area contributed by atoms with Gasteiger partial charge in [0.15, 0.2) is 0 Å². The molecular formula is C30H35FN6O3. The van der Waals surface area contributed by atoms with Gasteiger partial charge in [0.05, 0.1) is 29.8 Å². The van der Waals surface area contributed by atoms with E-state index in [4.69, 9.17) is 14.5 Å². The Morgan fingerprint density at radius 1 is 1.10 bits per heavy atom. The number of pyridine rings is 1. The molecule has 210 valence electrons. The Morgan fingerprint density at radius 2 is 1.85 bits per heavy atom. The molecule has 0 saturated carbocycles. The van der Waals surface area contributed by atoms with E-state index in [2.05, 4.69) is 20.5 Å². The van der Waals surface area contributed by atoms with Gasteiger partial charge in [-0.25, -0.2) is 14.4 Å². The van der Waals surface area contributed by atoms with E-state index in [1.165, 1.54) is 6.07 Å². The van der Waals surface area contributed by atoms with Crippen molar-refractivity contribution < 1.29 is 18.7 Å². The first-order valence-corrected chi connectivity index (χ1v) is 13.5. The number of hydrogen-bond donors (Lipinski definition) is 2. The van der Waals surface area contributed by atoms with E-state index in [-0.39, 0.29) is 36.4 Å². The van der Waals surface area contributed by atoms with E-state index in [1.807, 2.05) is 63.6 Å². The van der Waals surface area contributed by atoms with Crippen LogP contribution in [0, 0.1) is 5.82 Å². The molecule has 2 atom stereocenters. The summed E-state index contributed by atoms with van der Waals surface area (Å²) in [6.07, 6.45) is 1.78. The largest absolute Gasteiger partial charge is 0.457 e. The van der Waals surface area contributed by atoms with Crippen LogP contribution in [0.15, 0.2) is 54.7 Å². The summed E-state index contributed by atoms with van der Waals surface area (Å²) in [6, 6.07) is 14.1. The molecule has 4 aromatic rings. The van der Waals surface area contributed by atoms with Crippen molar-refractivity contribution in [3.63, 3.8) is 0 Å². The lowest BCUT2D eigenvalue weighted by Gasteiger charge is -2.34. The summed E-state index contributed by atoms with van der Waals surface area (Å²) in [4.78, 5) is 23.7. The Morgan fingerprint density at radius 3 is 2.60 bits per heavy atom. The lowest BCUT2D eigenvalue weighted by atomic mass is 10.0. The number of ether oxygens (including phenoxy) is 2. The van der Waals surface area contributed by atoms with Gasteiger partial charge < -0.3 is 24.7 Å². The number of rotatable bonds is 8. The molecule has 40 heavy (non-hydrogen) atoms. The van der Waals surface area contributed by atoms with Crippen molar-refractivity contribution in [2.24, 2.45) is 7.05 Å². The fraction of sp³-hybridized carbons (Fsp3) is 0.367. The molecule has 5 rings (SSSR count). The van der Waals surface area contributed by atoms with Crippen LogP contribution < -0.4 is 15.4 Å². The third-order valence-corrected chi connectivity index (χ3v) is 6.82. The van der Waals surface area contributed by atoms with Crippen molar-refractivity contribution in [3.05, 3.63) is 66.1 Å². The van der Waals surface area contributed by atoms with Crippen LogP contribution in [0.4, 0.5) is 21.8 Å². The molecule has 1 fully saturated rings. The molecule has 2 aromatic heterocycles. The van der Waals surface area contributed by atoms with Crippen LogP contribution in [0.5, 0.6) is 11.5 Å². The van der Waals surface area contributed by atoms with E-state index in [0.29, 0.717) is 41.9 Å². The number of halogens is 1. The van der Waals surface area contributed by atoms with Crippen LogP contribution >= 0.6 is 0 Å². The SMILES string of the molecule is CC(C)c1cc(Nc2nc3cc(Oc4ccnc(NC(=O)CN5C[C@@H](C)O[C@@H](C)C5)c4)ccc3n2C)ccc1F. The van der Waals surface area contributed by atoms with Gasteiger partial charge in [-0.15, -0.1) is 0 Å². The van der Waals surface area contributed by atoms with Crippen LogP contribution in [0.1, 0.15) is 39.2 Å². The lowest BCUT2D eigenvalue weighted by Crippen LogP contribution is -2.48. The molecule has 1 aliphatic rings. The summed E-state index contributed by atoms with van der Waals surface area (Å²) in [7, 11) is 1.92. The van der Waals surface area contributed by atoms with Gasteiger partial charge in [-0.1, -0.05) is 13.8 Å². The van der Waals surface area contributed by atoms with Crippen molar-refractivity contribution in [2.45, 2.75) is 45.8 Å². The van der Waals surface area contributed by atoms with Gasteiger partial charge in [0.25, 0.3) is 0 Å². The van der Waals surface area contributed by atoms with Crippen LogP contribution in [-0.4, -0.2) is 57.2 Å². The molecule has 0 radical (unpaired) electrons. The first-order chi connectivity index (χ1) is 19.1. The molecule has 2 aromatic carbocycles. The van der Waals surface area contributed by atoms with Gasteiger partial charge >= 0.3 is 0 Å². The number of fused-ring (bicyclic) bond motifs is 1. The van der Waals surface area contributed by atoms with E-state index in [0.717, 1.165) is 16.7 Å². The fourth-order valence-corrected chi connectivity index (χ4v) is 5.03. The van der Waals surface area contributed by atoms with Crippen molar-refractivity contribution in [3.8, 4) is 11.5 Å². The Hall–Kier alpha value is -4.02. The Balaban J connectivity index is 1.26. The van der Waals surface area contributed by atoms with Crippen molar-refractivity contribution in [1.82, 2.24) is 19.4 Å². The number of anilines is 3. The zero-order valence-corrected chi connectivity index (χ0v) is 23.4. The number of carbonyl (C=O) groups excluding carboxylic acids is 1. The molecule has 0 bridgehead atoms. The van der Waals surface area contributed by atoms with E-state index in [1.54, 1.807) is 24.4 Å². The number of benzene rings is 2. The van der Waals surface area contributed by atoms with E-state index >= 15 is 0 Å². The highest BCUT2D eigenvalue weighted by Crippen LogP contribution is 2.30. The molecular weight excluding hydrogens is 511 g/mol. The van der Waals surface area contributed by atoms with Crippen molar-refractivity contribution in [1.29, 1.82) is 0 Å².